The number of ketones is 1. The third-order valence-corrected chi connectivity index (χ3v) is 9.76. The number of epoxide rings is 1. The van der Waals surface area contributed by atoms with Gasteiger partial charge in [-0.2, -0.15) is 0 Å². The smallest absolute Gasteiger partial charge is 0.330 e. The number of hydrogen-bond donors (Lipinski definition) is 0. The Balaban J connectivity index is 1.39. The first-order valence-electron chi connectivity index (χ1n) is 12.0. The van der Waals surface area contributed by atoms with Crippen molar-refractivity contribution in [1.82, 2.24) is 0 Å². The molecule has 0 N–H and O–H groups in total. The third-order valence-electron chi connectivity index (χ3n) is 9.76. The summed E-state index contributed by atoms with van der Waals surface area (Å²) in [4.78, 5) is 23.9. The van der Waals surface area contributed by atoms with Crippen LogP contribution < -0.4 is 0 Å². The number of carbonyl (C=O) groups is 2. The molecule has 3 saturated carbocycles. The summed E-state index contributed by atoms with van der Waals surface area (Å²) in [6.45, 7) is 9.47. The maximum absolute atomic E-state index is 12.1. The summed E-state index contributed by atoms with van der Waals surface area (Å²) in [5, 5.41) is 0. The van der Waals surface area contributed by atoms with Gasteiger partial charge in [-0.3, -0.25) is 4.79 Å². The van der Waals surface area contributed by atoms with Crippen molar-refractivity contribution >= 4 is 11.8 Å². The fourth-order valence-corrected chi connectivity index (χ4v) is 8.27. The molecule has 1 saturated heterocycles. The van der Waals surface area contributed by atoms with Gasteiger partial charge in [-0.15, -0.1) is 0 Å². The second kappa shape index (κ2) is 7.05. The highest BCUT2D eigenvalue weighted by Gasteiger charge is 2.69. The Kier molecular flexibility index (Phi) is 4.81. The monoisotopic (exact) mass is 412 g/mol. The van der Waals surface area contributed by atoms with E-state index in [0.717, 1.165) is 6.42 Å². The summed E-state index contributed by atoms with van der Waals surface area (Å²) >= 11 is 0. The number of esters is 1. The lowest BCUT2D eigenvalue weighted by Gasteiger charge is -2.57. The summed E-state index contributed by atoms with van der Waals surface area (Å²) in [6.07, 6.45) is 12.8. The lowest BCUT2D eigenvalue weighted by Crippen LogP contribution is -2.53. The molecule has 30 heavy (non-hydrogen) atoms. The van der Waals surface area contributed by atoms with Crippen LogP contribution in [-0.2, 0) is 19.1 Å². The van der Waals surface area contributed by atoms with Crippen molar-refractivity contribution in [2.75, 3.05) is 6.61 Å². The first-order chi connectivity index (χ1) is 14.3. The molecule has 0 bridgehead atoms. The van der Waals surface area contributed by atoms with Crippen LogP contribution in [0.1, 0.15) is 66.2 Å². The van der Waals surface area contributed by atoms with E-state index in [-0.39, 0.29) is 17.5 Å². The van der Waals surface area contributed by atoms with E-state index in [0.29, 0.717) is 59.9 Å². The van der Waals surface area contributed by atoms with Gasteiger partial charge in [0.05, 0.1) is 12.7 Å². The molecule has 1 heterocycles. The van der Waals surface area contributed by atoms with Gasteiger partial charge in [-0.05, 0) is 91.1 Å². The molecule has 0 amide bonds. The van der Waals surface area contributed by atoms with Crippen LogP contribution in [0.3, 0.4) is 0 Å². The highest BCUT2D eigenvalue weighted by molar-refractivity contribution is 5.92. The summed E-state index contributed by atoms with van der Waals surface area (Å²) in [6, 6.07) is 0. The number of ether oxygens (including phenoxy) is 2. The van der Waals surface area contributed by atoms with Crippen LogP contribution in [0, 0.1) is 40.4 Å². The minimum Gasteiger partial charge on any atom is -0.463 e. The van der Waals surface area contributed by atoms with Crippen molar-refractivity contribution in [1.29, 1.82) is 0 Å². The fourth-order valence-electron chi connectivity index (χ4n) is 8.27. The maximum atomic E-state index is 12.1. The molecule has 164 valence electrons. The second-order valence-electron chi connectivity index (χ2n) is 11.0. The van der Waals surface area contributed by atoms with E-state index in [1.165, 1.54) is 31.3 Å². The van der Waals surface area contributed by atoms with Crippen LogP contribution in [0.5, 0.6) is 0 Å². The van der Waals surface area contributed by atoms with E-state index < -0.39 is 0 Å². The average molecular weight is 413 g/mol. The van der Waals surface area contributed by atoms with Crippen molar-refractivity contribution in [3.8, 4) is 0 Å². The van der Waals surface area contributed by atoms with Crippen molar-refractivity contribution in [2.24, 2.45) is 40.4 Å². The highest BCUT2D eigenvalue weighted by Crippen LogP contribution is 2.70. The summed E-state index contributed by atoms with van der Waals surface area (Å²) in [5.74, 6) is 2.99. The van der Waals surface area contributed by atoms with Crippen LogP contribution in [0.4, 0.5) is 0 Å². The van der Waals surface area contributed by atoms with Gasteiger partial charge < -0.3 is 9.47 Å². The van der Waals surface area contributed by atoms with Crippen molar-refractivity contribution in [3.63, 3.8) is 0 Å². The van der Waals surface area contributed by atoms with Crippen LogP contribution in [0.25, 0.3) is 0 Å². The predicted octanol–water partition coefficient (Wildman–Crippen LogP) is 4.88. The van der Waals surface area contributed by atoms with Gasteiger partial charge in [0.1, 0.15) is 6.10 Å². The molecule has 0 aromatic heterocycles. The van der Waals surface area contributed by atoms with Gasteiger partial charge in [0.2, 0.25) is 0 Å². The topological polar surface area (TPSA) is 55.9 Å². The Morgan fingerprint density at radius 1 is 1.27 bits per heavy atom. The second-order valence-corrected chi connectivity index (χ2v) is 11.0. The quantitative estimate of drug-likeness (QED) is 0.375. The molecule has 0 aromatic carbocycles. The molecule has 4 aliphatic carbocycles. The molecule has 2 unspecified atom stereocenters. The summed E-state index contributed by atoms with van der Waals surface area (Å²) in [5.41, 5.74) is 1.76. The molecule has 9 atom stereocenters. The van der Waals surface area contributed by atoms with Gasteiger partial charge in [-0.1, -0.05) is 26.8 Å². The van der Waals surface area contributed by atoms with Gasteiger partial charge in [0, 0.05) is 12.5 Å². The lowest BCUT2D eigenvalue weighted by atomic mass is 9.46. The SMILES string of the molecule is CCOC(=O)C=C[C@@H](C)[C@H]1CC[C@H]2[C@@H]3C4OC4C4=CC(=O)CC[C@]4(C)[C@H]3CC[C@]12C. The minimum atomic E-state index is -0.228. The molecule has 0 spiro atoms. The van der Waals surface area contributed by atoms with E-state index in [1.54, 1.807) is 6.08 Å². The molecular formula is C26H36O4. The zero-order valence-corrected chi connectivity index (χ0v) is 18.9. The molecule has 1 aliphatic heterocycles. The number of hydrogen-bond acceptors (Lipinski definition) is 4. The normalized spacial score (nSPS) is 47.6. The van der Waals surface area contributed by atoms with Gasteiger partial charge in [0.25, 0.3) is 0 Å². The number of rotatable bonds is 4. The molecule has 4 nitrogen and oxygen atoms in total. The number of allylic oxidation sites excluding steroid dienone is 1. The minimum absolute atomic E-state index is 0.144. The molecule has 0 radical (unpaired) electrons. The molecule has 4 heteroatoms. The standard InChI is InChI=1S/C26H36O4/c1-5-29-21(28)9-6-15(2)17-7-8-18-22-19(11-13-25(17,18)3)26(4)12-10-16(27)14-20(26)23-24(22)30-23/h6,9,14-15,17-19,22-24H,5,7-8,10-13H2,1-4H3/t15-,17-,18+,19+,22+,23?,24?,25-,26-/m1/s1. The fraction of sp³-hybridized carbons (Fsp3) is 0.769. The van der Waals surface area contributed by atoms with E-state index in [1.807, 2.05) is 13.0 Å². The largest absolute Gasteiger partial charge is 0.463 e. The number of carbonyl (C=O) groups excluding carboxylic acids is 2. The van der Waals surface area contributed by atoms with E-state index in [2.05, 4.69) is 26.8 Å². The summed E-state index contributed by atoms with van der Waals surface area (Å²) in [7, 11) is 0. The average Bonchev–Trinajstić information content (AvgIpc) is 3.42. The zero-order valence-electron chi connectivity index (χ0n) is 18.9. The van der Waals surface area contributed by atoms with Crippen LogP contribution >= 0.6 is 0 Å². The van der Waals surface area contributed by atoms with Gasteiger partial charge in [-0.25, -0.2) is 4.79 Å². The van der Waals surface area contributed by atoms with Crippen LogP contribution in [-0.4, -0.2) is 30.6 Å². The van der Waals surface area contributed by atoms with Gasteiger partial charge in [0.15, 0.2) is 5.78 Å². The first-order valence-corrected chi connectivity index (χ1v) is 12.0. The Labute approximate surface area is 180 Å². The van der Waals surface area contributed by atoms with Crippen molar-refractivity contribution in [2.45, 2.75) is 78.4 Å². The van der Waals surface area contributed by atoms with Crippen molar-refractivity contribution < 1.29 is 19.1 Å². The Bertz CT molecular complexity index is 812. The number of fused-ring (bicyclic) bond motifs is 8. The molecule has 5 aliphatic rings. The summed E-state index contributed by atoms with van der Waals surface area (Å²) < 4.78 is 11.4. The lowest BCUT2D eigenvalue weighted by molar-refractivity contribution is -0.137. The predicted molar refractivity (Wildman–Crippen MR) is 115 cm³/mol. The zero-order chi connectivity index (χ0) is 21.3. The first kappa shape index (κ1) is 20.5. The molecule has 0 aromatic rings. The molecule has 5 rings (SSSR count). The molecule has 4 fully saturated rings. The maximum Gasteiger partial charge on any atom is 0.330 e. The Morgan fingerprint density at radius 2 is 2.07 bits per heavy atom. The molecular weight excluding hydrogens is 376 g/mol. The highest BCUT2D eigenvalue weighted by atomic mass is 16.6. The third kappa shape index (κ3) is 2.89. The van der Waals surface area contributed by atoms with E-state index >= 15 is 0 Å². The van der Waals surface area contributed by atoms with Crippen molar-refractivity contribution in [3.05, 3.63) is 23.8 Å². The van der Waals surface area contributed by atoms with Crippen LogP contribution in [0.2, 0.25) is 0 Å². The Hall–Kier alpha value is -1.42. The van der Waals surface area contributed by atoms with E-state index in [9.17, 15) is 9.59 Å². The van der Waals surface area contributed by atoms with Gasteiger partial charge >= 0.3 is 5.97 Å². The Morgan fingerprint density at radius 3 is 2.83 bits per heavy atom. The van der Waals surface area contributed by atoms with Crippen LogP contribution in [0.15, 0.2) is 23.8 Å². The van der Waals surface area contributed by atoms with E-state index in [4.69, 9.17) is 9.47 Å².